The molecule has 0 radical (unpaired) electrons. The van der Waals surface area contributed by atoms with Crippen LogP contribution in [0.5, 0.6) is 17.2 Å². The van der Waals surface area contributed by atoms with Crippen LogP contribution in [0.2, 0.25) is 0 Å². The molecule has 2 N–H and O–H groups in total. The summed E-state index contributed by atoms with van der Waals surface area (Å²) in [5.41, 5.74) is 0.0236. The minimum absolute atomic E-state index is 0.0163. The van der Waals surface area contributed by atoms with E-state index < -0.39 is 16.0 Å². The number of carbonyl (C=O) groups is 1. The van der Waals surface area contributed by atoms with Crippen molar-refractivity contribution in [2.45, 2.75) is 4.90 Å². The molecule has 2 aromatic carbocycles. The highest BCUT2D eigenvalue weighted by Gasteiger charge is 2.22. The number of anilines is 1. The number of benzene rings is 2. The average molecular weight is 411 g/mol. The lowest BCUT2D eigenvalue weighted by Gasteiger charge is -2.15. The first-order chi connectivity index (χ1) is 13.3. The van der Waals surface area contributed by atoms with E-state index in [1.807, 2.05) is 0 Å². The Labute approximate surface area is 162 Å². The van der Waals surface area contributed by atoms with Crippen LogP contribution in [-0.4, -0.2) is 54.0 Å². The number of methoxy groups -OCH3 is 3. The largest absolute Gasteiger partial charge is 0.495 e. The van der Waals surface area contributed by atoms with E-state index in [-0.39, 0.29) is 28.5 Å². The summed E-state index contributed by atoms with van der Waals surface area (Å²) in [6.07, 6.45) is 0. The van der Waals surface area contributed by atoms with Gasteiger partial charge in [-0.1, -0.05) is 0 Å². The van der Waals surface area contributed by atoms with Gasteiger partial charge in [0.2, 0.25) is 0 Å². The maximum Gasteiger partial charge on any atom is 0.335 e. The number of sulfonamides is 1. The van der Waals surface area contributed by atoms with Crippen molar-refractivity contribution in [1.82, 2.24) is 0 Å². The predicted octanol–water partition coefficient (Wildman–Crippen LogP) is 2.23. The zero-order valence-corrected chi connectivity index (χ0v) is 16.4. The number of hydrogen-bond acceptors (Lipinski definition) is 7. The number of aromatic carboxylic acids is 1. The molecule has 0 atom stereocenters. The van der Waals surface area contributed by atoms with Crippen LogP contribution in [0.25, 0.3) is 0 Å². The first-order valence-electron chi connectivity index (χ1n) is 8.06. The zero-order valence-electron chi connectivity index (χ0n) is 15.6. The molecule has 0 bridgehead atoms. The Kier molecular flexibility index (Phi) is 7.07. The summed E-state index contributed by atoms with van der Waals surface area (Å²) in [4.78, 5) is 10.9. The molecule has 0 unspecified atom stereocenters. The molecule has 0 amide bonds. The van der Waals surface area contributed by atoms with E-state index in [0.29, 0.717) is 18.1 Å². The van der Waals surface area contributed by atoms with Crippen molar-refractivity contribution in [1.29, 1.82) is 0 Å². The van der Waals surface area contributed by atoms with Crippen molar-refractivity contribution in [3.8, 4) is 17.2 Å². The summed E-state index contributed by atoms with van der Waals surface area (Å²) in [6, 6.07) is 8.07. The highest BCUT2D eigenvalue weighted by molar-refractivity contribution is 7.92. The van der Waals surface area contributed by atoms with Gasteiger partial charge in [-0.3, -0.25) is 4.72 Å². The Bertz CT molecular complexity index is 943. The second-order valence-electron chi connectivity index (χ2n) is 5.48. The van der Waals surface area contributed by atoms with Crippen LogP contribution in [0.1, 0.15) is 10.4 Å². The maximum atomic E-state index is 12.8. The third-order valence-electron chi connectivity index (χ3n) is 3.66. The SMILES string of the molecule is COCCOc1cc(NS(=O)(=O)c2cc(C(=O)O)ccc2OC)ccc1OC. The lowest BCUT2D eigenvalue weighted by atomic mass is 10.2. The molecule has 0 aromatic heterocycles. The van der Waals surface area contributed by atoms with E-state index in [4.69, 9.17) is 24.1 Å². The Morgan fingerprint density at radius 1 is 0.964 bits per heavy atom. The molecule has 2 rings (SSSR count). The Morgan fingerprint density at radius 3 is 2.25 bits per heavy atom. The first-order valence-corrected chi connectivity index (χ1v) is 9.54. The summed E-state index contributed by atoms with van der Waals surface area (Å²) in [5.74, 6) is -0.490. The monoisotopic (exact) mass is 411 g/mol. The summed E-state index contributed by atoms with van der Waals surface area (Å²) < 4.78 is 48.7. The molecule has 2 aromatic rings. The van der Waals surface area contributed by atoms with Crippen LogP contribution in [-0.2, 0) is 14.8 Å². The van der Waals surface area contributed by atoms with E-state index in [0.717, 1.165) is 6.07 Å². The van der Waals surface area contributed by atoms with Crippen molar-refractivity contribution >= 4 is 21.7 Å². The quantitative estimate of drug-likeness (QED) is 0.571. The lowest BCUT2D eigenvalue weighted by Crippen LogP contribution is -2.15. The molecular weight excluding hydrogens is 390 g/mol. The van der Waals surface area contributed by atoms with Crippen LogP contribution in [0.15, 0.2) is 41.3 Å². The minimum Gasteiger partial charge on any atom is -0.495 e. The Hall–Kier alpha value is -2.98. The molecule has 152 valence electrons. The lowest BCUT2D eigenvalue weighted by molar-refractivity contribution is 0.0696. The minimum atomic E-state index is -4.13. The maximum absolute atomic E-state index is 12.8. The molecular formula is C18H21NO8S. The van der Waals surface area contributed by atoms with Gasteiger partial charge in [-0.05, 0) is 30.3 Å². The molecule has 0 fully saturated rings. The molecule has 28 heavy (non-hydrogen) atoms. The fourth-order valence-electron chi connectivity index (χ4n) is 2.32. The normalized spacial score (nSPS) is 11.0. The van der Waals surface area contributed by atoms with Crippen molar-refractivity contribution < 1.29 is 37.3 Å². The van der Waals surface area contributed by atoms with Crippen molar-refractivity contribution in [2.75, 3.05) is 39.3 Å². The van der Waals surface area contributed by atoms with E-state index in [9.17, 15) is 13.2 Å². The molecule has 0 aliphatic heterocycles. The summed E-state index contributed by atoms with van der Waals surface area (Å²) >= 11 is 0. The van der Waals surface area contributed by atoms with Gasteiger partial charge in [0.25, 0.3) is 10.0 Å². The Balaban J connectivity index is 2.37. The fourth-order valence-corrected chi connectivity index (χ4v) is 3.56. The summed E-state index contributed by atoms with van der Waals surface area (Å²) in [5, 5.41) is 9.13. The summed E-state index contributed by atoms with van der Waals surface area (Å²) in [6.45, 7) is 0.593. The smallest absolute Gasteiger partial charge is 0.335 e. The molecule has 0 heterocycles. The number of rotatable bonds is 10. The van der Waals surface area contributed by atoms with Gasteiger partial charge in [-0.25, -0.2) is 13.2 Å². The molecule has 0 aliphatic carbocycles. The van der Waals surface area contributed by atoms with Gasteiger partial charge in [0.15, 0.2) is 11.5 Å². The van der Waals surface area contributed by atoms with E-state index in [1.54, 1.807) is 6.07 Å². The molecule has 9 nitrogen and oxygen atoms in total. The highest BCUT2D eigenvalue weighted by Crippen LogP contribution is 2.32. The topological polar surface area (TPSA) is 120 Å². The van der Waals surface area contributed by atoms with E-state index >= 15 is 0 Å². The van der Waals surface area contributed by atoms with E-state index in [1.165, 1.54) is 45.6 Å². The van der Waals surface area contributed by atoms with Crippen LogP contribution >= 0.6 is 0 Å². The van der Waals surface area contributed by atoms with Crippen molar-refractivity contribution in [3.63, 3.8) is 0 Å². The number of hydrogen-bond donors (Lipinski definition) is 2. The van der Waals surface area contributed by atoms with Gasteiger partial charge in [0.05, 0.1) is 32.1 Å². The number of nitrogens with one attached hydrogen (secondary N) is 1. The summed E-state index contributed by atoms with van der Waals surface area (Å²) in [7, 11) is 0.157. The molecule has 0 aliphatic rings. The van der Waals surface area contributed by atoms with Gasteiger partial charge in [0.1, 0.15) is 17.3 Å². The van der Waals surface area contributed by atoms with Gasteiger partial charge in [-0.2, -0.15) is 0 Å². The molecule has 0 saturated carbocycles. The second kappa shape index (κ2) is 9.29. The average Bonchev–Trinajstić information content (AvgIpc) is 2.67. The third-order valence-corrected chi connectivity index (χ3v) is 5.06. The predicted molar refractivity (Wildman–Crippen MR) is 101 cm³/mol. The molecule has 10 heteroatoms. The van der Waals surface area contributed by atoms with Gasteiger partial charge in [-0.15, -0.1) is 0 Å². The number of carboxylic acids is 1. The fraction of sp³-hybridized carbons (Fsp3) is 0.278. The van der Waals surface area contributed by atoms with Gasteiger partial charge >= 0.3 is 5.97 Å². The van der Waals surface area contributed by atoms with Crippen LogP contribution < -0.4 is 18.9 Å². The van der Waals surface area contributed by atoms with Crippen LogP contribution in [0.4, 0.5) is 5.69 Å². The molecule has 0 spiro atoms. The van der Waals surface area contributed by atoms with E-state index in [2.05, 4.69) is 4.72 Å². The number of carboxylic acid groups (broad SMARTS) is 1. The highest BCUT2D eigenvalue weighted by atomic mass is 32.2. The number of ether oxygens (including phenoxy) is 4. The zero-order chi connectivity index (χ0) is 20.7. The van der Waals surface area contributed by atoms with Gasteiger partial charge < -0.3 is 24.1 Å². The van der Waals surface area contributed by atoms with Crippen molar-refractivity contribution in [3.05, 3.63) is 42.0 Å². The second-order valence-corrected chi connectivity index (χ2v) is 7.13. The molecule has 0 saturated heterocycles. The standard InChI is InChI=1S/C18H21NO8S/c1-24-8-9-27-16-11-13(5-7-14(16)25-2)19-28(22,23)17-10-12(18(20)21)4-6-15(17)26-3/h4-7,10-11,19H,8-9H2,1-3H3,(H,20,21). The first kappa shape index (κ1) is 21.3. The van der Waals surface area contributed by atoms with Crippen molar-refractivity contribution in [2.24, 2.45) is 0 Å². The Morgan fingerprint density at radius 2 is 1.64 bits per heavy atom. The van der Waals surface area contributed by atoms with Gasteiger partial charge in [0, 0.05) is 13.2 Å². The third kappa shape index (κ3) is 5.05. The van der Waals surface area contributed by atoms with Crippen LogP contribution in [0.3, 0.4) is 0 Å². The van der Waals surface area contributed by atoms with Crippen LogP contribution in [0, 0.1) is 0 Å².